The van der Waals surface area contributed by atoms with Gasteiger partial charge in [-0.15, -0.1) is 11.3 Å². The third kappa shape index (κ3) is 1.58. The highest BCUT2D eigenvalue weighted by atomic mass is 127. The van der Waals surface area contributed by atoms with Crippen LogP contribution >= 0.6 is 45.5 Å². The Labute approximate surface area is 98.5 Å². The zero-order valence-corrected chi connectivity index (χ0v) is 10.3. The van der Waals surface area contributed by atoms with Gasteiger partial charge in [-0.25, -0.2) is 0 Å². The molecule has 1 nitrogen and oxygen atoms in total. The van der Waals surface area contributed by atoms with Crippen molar-refractivity contribution in [2.24, 2.45) is 0 Å². The first-order valence-electron chi connectivity index (χ1n) is 3.69. The molecule has 1 aromatic carbocycles. The van der Waals surface area contributed by atoms with E-state index in [0.717, 1.165) is 24.2 Å². The number of aliphatic hydroxyl groups excluding tert-OH is 1. The lowest BCUT2D eigenvalue weighted by molar-refractivity contribution is 0.281. The maximum atomic E-state index is 9.08. The Hall–Kier alpha value is 0.160. The Morgan fingerprint density at radius 2 is 2.31 bits per heavy atom. The quantitative estimate of drug-likeness (QED) is 0.794. The molecule has 4 heteroatoms. The average molecular weight is 325 g/mol. The van der Waals surface area contributed by atoms with E-state index in [1.54, 1.807) is 11.3 Å². The number of benzene rings is 1. The molecule has 68 valence electrons. The van der Waals surface area contributed by atoms with Gasteiger partial charge < -0.3 is 5.11 Å². The first-order valence-corrected chi connectivity index (χ1v) is 6.02. The van der Waals surface area contributed by atoms with Crippen molar-refractivity contribution in [2.45, 2.75) is 6.61 Å². The fraction of sp³-hybridized carbons (Fsp3) is 0.111. The van der Waals surface area contributed by atoms with Gasteiger partial charge in [0.25, 0.3) is 0 Å². The topological polar surface area (TPSA) is 20.2 Å². The van der Waals surface area contributed by atoms with Crippen LogP contribution in [0.1, 0.15) is 5.56 Å². The zero-order chi connectivity index (χ0) is 9.42. The molecule has 0 saturated heterocycles. The standard InChI is InChI=1S/C9H6ClIOS/c10-8-6-1-2-13-7(6)3-5(4-12)9(8)11/h1-3,12H,4H2. The van der Waals surface area contributed by atoms with Crippen molar-refractivity contribution in [3.63, 3.8) is 0 Å². The van der Waals surface area contributed by atoms with Gasteiger partial charge >= 0.3 is 0 Å². The molecule has 2 aromatic rings. The summed E-state index contributed by atoms with van der Waals surface area (Å²) in [5.41, 5.74) is 0.903. The monoisotopic (exact) mass is 324 g/mol. The van der Waals surface area contributed by atoms with Crippen LogP contribution < -0.4 is 0 Å². The highest BCUT2D eigenvalue weighted by Crippen LogP contribution is 2.34. The summed E-state index contributed by atoms with van der Waals surface area (Å²) in [4.78, 5) is 0. The Kier molecular flexibility index (Phi) is 2.78. The summed E-state index contributed by atoms with van der Waals surface area (Å²) in [5.74, 6) is 0. The van der Waals surface area contributed by atoms with Crippen LogP contribution in [-0.4, -0.2) is 5.11 Å². The van der Waals surface area contributed by atoms with E-state index < -0.39 is 0 Å². The number of fused-ring (bicyclic) bond motifs is 1. The second kappa shape index (κ2) is 3.73. The van der Waals surface area contributed by atoms with E-state index in [-0.39, 0.29) is 6.61 Å². The highest BCUT2D eigenvalue weighted by Gasteiger charge is 2.09. The van der Waals surface area contributed by atoms with Gasteiger partial charge in [-0.3, -0.25) is 0 Å². The Balaban J connectivity index is 2.83. The zero-order valence-electron chi connectivity index (χ0n) is 6.55. The van der Waals surface area contributed by atoms with Crippen molar-refractivity contribution in [3.05, 3.63) is 31.7 Å². The second-order valence-electron chi connectivity index (χ2n) is 2.65. The molecule has 1 N–H and O–H groups in total. The van der Waals surface area contributed by atoms with Crippen LogP contribution in [0, 0.1) is 3.57 Å². The lowest BCUT2D eigenvalue weighted by atomic mass is 10.2. The van der Waals surface area contributed by atoms with Crippen molar-refractivity contribution < 1.29 is 5.11 Å². The summed E-state index contributed by atoms with van der Waals surface area (Å²) in [5, 5.41) is 12.9. The first kappa shape index (κ1) is 9.71. The van der Waals surface area contributed by atoms with E-state index in [9.17, 15) is 0 Å². The van der Waals surface area contributed by atoms with Crippen LogP contribution in [0.3, 0.4) is 0 Å². The molecule has 13 heavy (non-hydrogen) atoms. The maximum Gasteiger partial charge on any atom is 0.0693 e. The predicted octanol–water partition coefficient (Wildman–Crippen LogP) is 3.65. The second-order valence-corrected chi connectivity index (χ2v) is 5.06. The third-order valence-electron chi connectivity index (χ3n) is 1.88. The molecule has 0 atom stereocenters. The molecule has 0 amide bonds. The molecule has 0 aliphatic rings. The van der Waals surface area contributed by atoms with Crippen molar-refractivity contribution in [2.75, 3.05) is 0 Å². The largest absolute Gasteiger partial charge is 0.392 e. The minimum atomic E-state index is 0.0475. The van der Waals surface area contributed by atoms with Crippen LogP contribution in [0.5, 0.6) is 0 Å². The van der Waals surface area contributed by atoms with E-state index >= 15 is 0 Å². The van der Waals surface area contributed by atoms with Gasteiger partial charge in [0, 0.05) is 13.7 Å². The molecule has 0 fully saturated rings. The van der Waals surface area contributed by atoms with Gasteiger partial charge in [0.1, 0.15) is 0 Å². The van der Waals surface area contributed by atoms with E-state index in [1.807, 2.05) is 17.5 Å². The fourth-order valence-electron chi connectivity index (χ4n) is 1.21. The molecule has 0 unspecified atom stereocenters. The smallest absolute Gasteiger partial charge is 0.0693 e. The van der Waals surface area contributed by atoms with Crippen LogP contribution in [0.2, 0.25) is 5.02 Å². The number of aliphatic hydroxyl groups is 1. The lowest BCUT2D eigenvalue weighted by Gasteiger charge is -2.03. The van der Waals surface area contributed by atoms with Crippen LogP contribution in [0.15, 0.2) is 17.5 Å². The van der Waals surface area contributed by atoms with Crippen LogP contribution in [0.25, 0.3) is 10.1 Å². The SMILES string of the molecule is OCc1cc2sccc2c(Cl)c1I. The Bertz CT molecular complexity index is 452. The molecule has 0 radical (unpaired) electrons. The molecular formula is C9H6ClIOS. The summed E-state index contributed by atoms with van der Waals surface area (Å²) in [6, 6.07) is 4.00. The van der Waals surface area contributed by atoms with Crippen molar-refractivity contribution in [1.82, 2.24) is 0 Å². The lowest BCUT2D eigenvalue weighted by Crippen LogP contribution is -1.88. The fourth-order valence-corrected chi connectivity index (χ4v) is 3.03. The molecule has 1 aromatic heterocycles. The molecule has 0 spiro atoms. The van der Waals surface area contributed by atoms with Gasteiger partial charge in [-0.1, -0.05) is 11.6 Å². The maximum absolute atomic E-state index is 9.08. The summed E-state index contributed by atoms with van der Waals surface area (Å²) < 4.78 is 2.09. The minimum absolute atomic E-state index is 0.0475. The van der Waals surface area contributed by atoms with Crippen molar-refractivity contribution in [3.8, 4) is 0 Å². The number of hydrogen-bond acceptors (Lipinski definition) is 2. The third-order valence-corrected chi connectivity index (χ3v) is 4.69. The molecule has 0 bridgehead atoms. The van der Waals surface area contributed by atoms with Gasteiger partial charge in [0.15, 0.2) is 0 Å². The van der Waals surface area contributed by atoms with E-state index in [4.69, 9.17) is 16.7 Å². The summed E-state index contributed by atoms with van der Waals surface area (Å²) in [6.45, 7) is 0.0475. The molecule has 1 heterocycles. The van der Waals surface area contributed by atoms with Gasteiger partial charge in [0.05, 0.1) is 11.6 Å². The first-order chi connectivity index (χ1) is 6.24. The summed E-state index contributed by atoms with van der Waals surface area (Å²) >= 11 is 9.94. The number of thiophene rings is 1. The molecular weight excluding hydrogens is 319 g/mol. The summed E-state index contributed by atoms with van der Waals surface area (Å²) in [6.07, 6.45) is 0. The summed E-state index contributed by atoms with van der Waals surface area (Å²) in [7, 11) is 0. The molecule has 0 aliphatic carbocycles. The van der Waals surface area contributed by atoms with Gasteiger partial charge in [-0.2, -0.15) is 0 Å². The normalized spacial score (nSPS) is 11.0. The number of rotatable bonds is 1. The minimum Gasteiger partial charge on any atom is -0.392 e. The van der Waals surface area contributed by atoms with Crippen LogP contribution in [-0.2, 0) is 6.61 Å². The number of halogens is 2. The Morgan fingerprint density at radius 1 is 1.54 bits per heavy atom. The van der Waals surface area contributed by atoms with Crippen molar-refractivity contribution >= 4 is 55.6 Å². The van der Waals surface area contributed by atoms with E-state index in [1.165, 1.54) is 0 Å². The Morgan fingerprint density at radius 3 is 3.00 bits per heavy atom. The van der Waals surface area contributed by atoms with Crippen LogP contribution in [0.4, 0.5) is 0 Å². The molecule has 0 aliphatic heterocycles. The highest BCUT2D eigenvalue weighted by molar-refractivity contribution is 14.1. The molecule has 2 rings (SSSR count). The number of hydrogen-bond donors (Lipinski definition) is 1. The van der Waals surface area contributed by atoms with Gasteiger partial charge in [0.2, 0.25) is 0 Å². The average Bonchev–Trinajstić information content (AvgIpc) is 2.59. The van der Waals surface area contributed by atoms with E-state index in [2.05, 4.69) is 22.6 Å². The molecule has 0 saturated carbocycles. The van der Waals surface area contributed by atoms with Gasteiger partial charge in [-0.05, 0) is 45.7 Å². The predicted molar refractivity (Wildman–Crippen MR) is 65.5 cm³/mol. The van der Waals surface area contributed by atoms with E-state index in [0.29, 0.717) is 0 Å². The van der Waals surface area contributed by atoms with Crippen molar-refractivity contribution in [1.29, 1.82) is 0 Å².